The molecule has 0 saturated heterocycles. The zero-order chi connectivity index (χ0) is 10.1. The predicted molar refractivity (Wildman–Crippen MR) is 53.7 cm³/mol. The highest BCUT2D eigenvalue weighted by Crippen LogP contribution is 1.92. The highest BCUT2D eigenvalue weighted by Gasteiger charge is 2.00. The minimum absolute atomic E-state index is 0.0976. The molecule has 0 unspecified atom stereocenters. The average molecular weight is 187 g/mol. The molecular formula is C10H21NO2. The summed E-state index contributed by atoms with van der Waals surface area (Å²) in [6.07, 6.45) is 1.42. The third-order valence-electron chi connectivity index (χ3n) is 2.06. The molecule has 0 N–H and O–H groups in total. The van der Waals surface area contributed by atoms with E-state index in [1.165, 1.54) is 0 Å². The van der Waals surface area contributed by atoms with Gasteiger partial charge in [-0.2, -0.15) is 0 Å². The molecule has 0 aliphatic heterocycles. The maximum atomic E-state index is 10.8. The summed E-state index contributed by atoms with van der Waals surface area (Å²) in [6, 6.07) is 0. The average Bonchev–Trinajstić information content (AvgIpc) is 2.18. The molecule has 0 amide bonds. The molecule has 0 heterocycles. The summed E-state index contributed by atoms with van der Waals surface area (Å²) in [5, 5.41) is 0. The first kappa shape index (κ1) is 12.4. The fourth-order valence-electron chi connectivity index (χ4n) is 1.12. The van der Waals surface area contributed by atoms with Crippen LogP contribution in [0, 0.1) is 0 Å². The van der Waals surface area contributed by atoms with E-state index < -0.39 is 0 Å². The van der Waals surface area contributed by atoms with Crippen LogP contribution in [0.5, 0.6) is 0 Å². The van der Waals surface area contributed by atoms with Crippen LogP contribution in [-0.2, 0) is 9.53 Å². The number of esters is 1. The van der Waals surface area contributed by atoms with Crippen LogP contribution < -0.4 is 0 Å². The molecule has 0 fully saturated rings. The van der Waals surface area contributed by atoms with Gasteiger partial charge in [-0.05, 0) is 19.5 Å². The Morgan fingerprint density at radius 3 is 2.31 bits per heavy atom. The van der Waals surface area contributed by atoms with Crippen molar-refractivity contribution < 1.29 is 9.53 Å². The highest BCUT2D eigenvalue weighted by atomic mass is 16.5. The number of ether oxygens (including phenoxy) is 1. The van der Waals surface area contributed by atoms with Gasteiger partial charge in [0.05, 0.1) is 6.61 Å². The molecule has 0 aromatic heterocycles. The Bertz CT molecular complexity index is 133. The van der Waals surface area contributed by atoms with Crippen molar-refractivity contribution in [2.24, 2.45) is 0 Å². The van der Waals surface area contributed by atoms with Gasteiger partial charge in [0.25, 0.3) is 0 Å². The van der Waals surface area contributed by atoms with Crippen molar-refractivity contribution in [3.8, 4) is 0 Å². The van der Waals surface area contributed by atoms with Gasteiger partial charge in [-0.15, -0.1) is 0 Å². The Kier molecular flexibility index (Phi) is 7.69. The molecule has 0 atom stereocenters. The van der Waals surface area contributed by atoms with Gasteiger partial charge in [0, 0.05) is 13.0 Å². The lowest BCUT2D eigenvalue weighted by molar-refractivity contribution is -0.143. The smallest absolute Gasteiger partial charge is 0.305 e. The molecule has 0 aromatic rings. The fourth-order valence-corrected chi connectivity index (χ4v) is 1.12. The van der Waals surface area contributed by atoms with Crippen LogP contribution in [0.2, 0.25) is 0 Å². The Morgan fingerprint density at radius 1 is 1.23 bits per heavy atom. The van der Waals surface area contributed by atoms with E-state index in [-0.39, 0.29) is 5.97 Å². The summed E-state index contributed by atoms with van der Waals surface area (Å²) >= 11 is 0. The van der Waals surface area contributed by atoms with Gasteiger partial charge in [-0.3, -0.25) is 4.79 Å². The minimum Gasteiger partial charge on any atom is -0.466 e. The topological polar surface area (TPSA) is 29.5 Å². The van der Waals surface area contributed by atoms with Gasteiger partial charge in [0.15, 0.2) is 0 Å². The molecule has 3 heteroatoms. The van der Waals surface area contributed by atoms with Crippen molar-refractivity contribution in [2.75, 3.05) is 26.2 Å². The first-order chi connectivity index (χ1) is 6.24. The maximum Gasteiger partial charge on any atom is 0.305 e. The molecule has 0 aliphatic rings. The largest absolute Gasteiger partial charge is 0.466 e. The van der Waals surface area contributed by atoms with Gasteiger partial charge < -0.3 is 9.64 Å². The second kappa shape index (κ2) is 8.05. The second-order valence-electron chi connectivity index (χ2n) is 2.95. The van der Waals surface area contributed by atoms with E-state index in [1.807, 2.05) is 6.92 Å². The molecule has 78 valence electrons. The van der Waals surface area contributed by atoms with Crippen molar-refractivity contribution in [1.29, 1.82) is 0 Å². The predicted octanol–water partition coefficient (Wildman–Crippen LogP) is 1.67. The van der Waals surface area contributed by atoms with Gasteiger partial charge >= 0.3 is 5.97 Å². The van der Waals surface area contributed by atoms with E-state index in [2.05, 4.69) is 18.7 Å². The Balaban J connectivity index is 3.28. The third kappa shape index (κ3) is 6.58. The van der Waals surface area contributed by atoms with E-state index in [0.29, 0.717) is 13.0 Å². The molecule has 0 radical (unpaired) electrons. The molecule has 0 saturated carbocycles. The summed E-state index contributed by atoms with van der Waals surface area (Å²) in [5.41, 5.74) is 0. The number of hydrogen-bond acceptors (Lipinski definition) is 3. The maximum absolute atomic E-state index is 10.8. The zero-order valence-corrected chi connectivity index (χ0v) is 9.01. The third-order valence-corrected chi connectivity index (χ3v) is 2.06. The Morgan fingerprint density at radius 2 is 1.85 bits per heavy atom. The monoisotopic (exact) mass is 187 g/mol. The van der Waals surface area contributed by atoms with Crippen LogP contribution in [0.15, 0.2) is 0 Å². The lowest BCUT2D eigenvalue weighted by Gasteiger charge is -2.17. The van der Waals surface area contributed by atoms with Gasteiger partial charge in [-0.25, -0.2) is 0 Å². The van der Waals surface area contributed by atoms with Crippen LogP contribution in [0.25, 0.3) is 0 Å². The summed E-state index contributed by atoms with van der Waals surface area (Å²) in [7, 11) is 0. The molecule has 0 aromatic carbocycles. The molecule has 0 spiro atoms. The number of nitrogens with zero attached hydrogens (tertiary/aromatic N) is 1. The Labute approximate surface area is 81.1 Å². The van der Waals surface area contributed by atoms with E-state index in [1.54, 1.807) is 0 Å². The molecule has 0 bridgehead atoms. The van der Waals surface area contributed by atoms with E-state index in [9.17, 15) is 4.79 Å². The molecular weight excluding hydrogens is 166 g/mol. The lowest BCUT2D eigenvalue weighted by Crippen LogP contribution is -2.25. The summed E-state index contributed by atoms with van der Waals surface area (Å²) in [6.45, 7) is 9.81. The number of rotatable bonds is 7. The van der Waals surface area contributed by atoms with Gasteiger partial charge in [0.2, 0.25) is 0 Å². The SMILES string of the molecule is CCC(=O)OCCCN(CC)CC. The molecule has 13 heavy (non-hydrogen) atoms. The van der Waals surface area contributed by atoms with E-state index in [0.717, 1.165) is 26.1 Å². The van der Waals surface area contributed by atoms with E-state index >= 15 is 0 Å². The van der Waals surface area contributed by atoms with E-state index in [4.69, 9.17) is 4.74 Å². The van der Waals surface area contributed by atoms with Crippen molar-refractivity contribution in [3.63, 3.8) is 0 Å². The highest BCUT2D eigenvalue weighted by molar-refractivity contribution is 5.68. The van der Waals surface area contributed by atoms with Crippen molar-refractivity contribution in [2.45, 2.75) is 33.6 Å². The summed E-state index contributed by atoms with van der Waals surface area (Å²) < 4.78 is 4.96. The number of carbonyl (C=O) groups is 1. The van der Waals surface area contributed by atoms with Crippen molar-refractivity contribution in [3.05, 3.63) is 0 Å². The zero-order valence-electron chi connectivity index (χ0n) is 9.01. The molecule has 0 aliphatic carbocycles. The van der Waals surface area contributed by atoms with Crippen LogP contribution in [0.1, 0.15) is 33.6 Å². The number of hydrogen-bond donors (Lipinski definition) is 0. The molecule has 0 rings (SSSR count). The first-order valence-corrected chi connectivity index (χ1v) is 5.12. The van der Waals surface area contributed by atoms with Crippen molar-refractivity contribution in [1.82, 2.24) is 4.90 Å². The standard InChI is InChI=1S/C10H21NO2/c1-4-10(12)13-9-7-8-11(5-2)6-3/h4-9H2,1-3H3. The van der Waals surface area contributed by atoms with Crippen LogP contribution >= 0.6 is 0 Å². The summed E-state index contributed by atoms with van der Waals surface area (Å²) in [5.74, 6) is -0.0976. The Hall–Kier alpha value is -0.570. The van der Waals surface area contributed by atoms with Crippen LogP contribution in [0.3, 0.4) is 0 Å². The minimum atomic E-state index is -0.0976. The number of carbonyl (C=O) groups excluding carboxylic acids is 1. The first-order valence-electron chi connectivity index (χ1n) is 5.12. The van der Waals surface area contributed by atoms with Gasteiger partial charge in [-0.1, -0.05) is 20.8 Å². The quantitative estimate of drug-likeness (QED) is 0.448. The van der Waals surface area contributed by atoms with Crippen LogP contribution in [-0.4, -0.2) is 37.1 Å². The van der Waals surface area contributed by atoms with Gasteiger partial charge in [0.1, 0.15) is 0 Å². The van der Waals surface area contributed by atoms with Crippen LogP contribution in [0.4, 0.5) is 0 Å². The fraction of sp³-hybridized carbons (Fsp3) is 0.900. The second-order valence-corrected chi connectivity index (χ2v) is 2.95. The lowest BCUT2D eigenvalue weighted by atomic mass is 10.4. The van der Waals surface area contributed by atoms with Crippen molar-refractivity contribution >= 4 is 5.97 Å². The molecule has 3 nitrogen and oxygen atoms in total. The normalized spacial score (nSPS) is 10.5. The summed E-state index contributed by atoms with van der Waals surface area (Å²) in [4.78, 5) is 13.1.